The first-order chi connectivity index (χ1) is 10.0. The van der Waals surface area contributed by atoms with E-state index in [2.05, 4.69) is 10.3 Å². The van der Waals surface area contributed by atoms with Gasteiger partial charge in [-0.05, 0) is 31.7 Å². The summed E-state index contributed by atoms with van der Waals surface area (Å²) in [6.45, 7) is -0.671. The number of hydrogen-bond acceptors (Lipinski definition) is 4. The van der Waals surface area contributed by atoms with Gasteiger partial charge in [0.1, 0.15) is 5.60 Å². The maximum atomic E-state index is 12.2. The zero-order chi connectivity index (χ0) is 15.3. The van der Waals surface area contributed by atoms with Crippen LogP contribution in [0.15, 0.2) is 18.3 Å². The Morgan fingerprint density at radius 3 is 2.86 bits per heavy atom. The smallest absolute Gasteiger partial charge is 0.272 e. The Labute approximate surface area is 121 Å². The van der Waals surface area contributed by atoms with E-state index in [1.165, 1.54) is 6.20 Å². The monoisotopic (exact) mass is 300 g/mol. The molecule has 1 amide bonds. The third-order valence-electron chi connectivity index (χ3n) is 3.49. The van der Waals surface area contributed by atoms with Crippen LogP contribution in [0.1, 0.15) is 31.2 Å². The van der Waals surface area contributed by atoms with Crippen molar-refractivity contribution in [2.45, 2.75) is 44.3 Å². The topological polar surface area (TPSA) is 71.5 Å². The van der Waals surface area contributed by atoms with Gasteiger partial charge in [0, 0.05) is 18.3 Å². The number of halogens is 2. The highest BCUT2D eigenvalue weighted by atomic mass is 19.3. The molecule has 0 saturated heterocycles. The van der Waals surface area contributed by atoms with E-state index in [0.29, 0.717) is 18.4 Å². The number of carbonyl (C=O) groups excluding carboxylic acids is 1. The molecular weight excluding hydrogens is 282 g/mol. The van der Waals surface area contributed by atoms with Crippen molar-refractivity contribution in [1.82, 2.24) is 10.3 Å². The maximum Gasteiger partial charge on any atom is 0.272 e. The van der Waals surface area contributed by atoms with Crippen LogP contribution in [0, 0.1) is 0 Å². The number of rotatable bonds is 6. The molecule has 0 aliphatic heterocycles. The molecule has 0 bridgehead atoms. The molecule has 5 nitrogen and oxygen atoms in total. The third kappa shape index (κ3) is 4.10. The van der Waals surface area contributed by atoms with Crippen molar-refractivity contribution < 1.29 is 23.4 Å². The molecule has 1 fully saturated rings. The first kappa shape index (κ1) is 15.6. The number of pyridine rings is 1. The van der Waals surface area contributed by atoms with E-state index in [0.717, 1.165) is 12.8 Å². The van der Waals surface area contributed by atoms with Crippen molar-refractivity contribution in [3.05, 3.63) is 23.9 Å². The highest BCUT2D eigenvalue weighted by molar-refractivity contribution is 5.85. The van der Waals surface area contributed by atoms with E-state index in [1.807, 2.05) is 0 Å². The van der Waals surface area contributed by atoms with Crippen molar-refractivity contribution in [3.63, 3.8) is 0 Å². The predicted octanol–water partition coefficient (Wildman–Crippen LogP) is 1.65. The zero-order valence-electron chi connectivity index (χ0n) is 11.5. The molecule has 116 valence electrons. The minimum Gasteiger partial charge on any atom is -0.471 e. The Kier molecular flexibility index (Phi) is 5.06. The number of nitrogens with one attached hydrogen (secondary N) is 1. The van der Waals surface area contributed by atoms with E-state index in [4.69, 9.17) is 4.74 Å². The number of aliphatic hydroxyl groups is 1. The summed E-state index contributed by atoms with van der Waals surface area (Å²) in [6.07, 6.45) is 1.37. The number of ether oxygens (including phenoxy) is 1. The highest BCUT2D eigenvalue weighted by Crippen LogP contribution is 2.29. The molecule has 1 saturated carbocycles. The van der Waals surface area contributed by atoms with Crippen LogP contribution < -0.4 is 10.1 Å². The number of amides is 1. The summed E-state index contributed by atoms with van der Waals surface area (Å²) in [6, 6.07) is 3.26. The summed E-state index contributed by atoms with van der Waals surface area (Å²) in [5.41, 5.74) is -0.820. The van der Waals surface area contributed by atoms with Gasteiger partial charge in [-0.3, -0.25) is 4.79 Å². The second kappa shape index (κ2) is 6.80. The van der Waals surface area contributed by atoms with Gasteiger partial charge in [-0.2, -0.15) is 0 Å². The molecule has 1 aromatic rings. The number of hydrogen-bond donors (Lipinski definition) is 2. The molecule has 0 atom stereocenters. The van der Waals surface area contributed by atoms with Gasteiger partial charge in [-0.25, -0.2) is 13.8 Å². The Balaban J connectivity index is 1.95. The summed E-state index contributed by atoms with van der Waals surface area (Å²) >= 11 is 0. The lowest BCUT2D eigenvalue weighted by Crippen LogP contribution is -2.44. The lowest BCUT2D eigenvalue weighted by Gasteiger charge is -2.21. The second-order valence-electron chi connectivity index (χ2n) is 5.09. The van der Waals surface area contributed by atoms with Gasteiger partial charge in [-0.1, -0.05) is 6.07 Å². The van der Waals surface area contributed by atoms with Crippen LogP contribution in [0.3, 0.4) is 0 Å². The first-order valence-electron chi connectivity index (χ1n) is 6.87. The standard InChI is InChI=1S/C14H18F2N2O3/c15-11(16)9-21-12-10(4-3-7-17-12)8-18-13(19)14(20)5-1-2-6-14/h3-4,7,11,20H,1-2,5-6,8-9H2,(H,18,19). The molecule has 7 heteroatoms. The molecule has 2 rings (SSSR count). The molecule has 0 radical (unpaired) electrons. The van der Waals surface area contributed by atoms with Gasteiger partial charge in [-0.15, -0.1) is 0 Å². The maximum absolute atomic E-state index is 12.2. The molecular formula is C14H18F2N2O3. The summed E-state index contributed by atoms with van der Waals surface area (Å²) in [5.74, 6) is -0.375. The van der Waals surface area contributed by atoms with Crippen LogP contribution >= 0.6 is 0 Å². The number of alkyl halides is 2. The fourth-order valence-electron chi connectivity index (χ4n) is 2.36. The SMILES string of the molecule is O=C(NCc1cccnc1OCC(F)F)C1(O)CCCC1. The van der Waals surface area contributed by atoms with Crippen LogP contribution in [0.2, 0.25) is 0 Å². The largest absolute Gasteiger partial charge is 0.471 e. The van der Waals surface area contributed by atoms with Crippen LogP contribution in [0.4, 0.5) is 8.78 Å². The van der Waals surface area contributed by atoms with E-state index in [-0.39, 0.29) is 12.4 Å². The molecule has 0 unspecified atom stereocenters. The second-order valence-corrected chi connectivity index (χ2v) is 5.09. The average Bonchev–Trinajstić information content (AvgIpc) is 2.91. The number of carbonyl (C=O) groups is 1. The first-order valence-corrected chi connectivity index (χ1v) is 6.87. The van der Waals surface area contributed by atoms with E-state index >= 15 is 0 Å². The Morgan fingerprint density at radius 1 is 1.48 bits per heavy atom. The van der Waals surface area contributed by atoms with Gasteiger partial charge < -0.3 is 15.2 Å². The molecule has 0 spiro atoms. The van der Waals surface area contributed by atoms with Crippen molar-refractivity contribution in [1.29, 1.82) is 0 Å². The fraction of sp³-hybridized carbons (Fsp3) is 0.571. The minimum atomic E-state index is -2.59. The molecule has 1 heterocycles. The fourth-order valence-corrected chi connectivity index (χ4v) is 2.36. The van der Waals surface area contributed by atoms with Crippen molar-refractivity contribution in [3.8, 4) is 5.88 Å². The number of nitrogens with zero attached hydrogens (tertiary/aromatic N) is 1. The average molecular weight is 300 g/mol. The zero-order valence-corrected chi connectivity index (χ0v) is 11.5. The third-order valence-corrected chi connectivity index (χ3v) is 3.49. The van der Waals surface area contributed by atoms with Crippen LogP contribution in [0.25, 0.3) is 0 Å². The van der Waals surface area contributed by atoms with E-state index in [1.54, 1.807) is 12.1 Å². The minimum absolute atomic E-state index is 0.0662. The normalized spacial score (nSPS) is 17.0. The van der Waals surface area contributed by atoms with Gasteiger partial charge in [0.2, 0.25) is 5.88 Å². The van der Waals surface area contributed by atoms with E-state index in [9.17, 15) is 18.7 Å². The predicted molar refractivity (Wildman–Crippen MR) is 71.0 cm³/mol. The molecule has 0 aromatic carbocycles. The van der Waals surface area contributed by atoms with Gasteiger partial charge in [0.25, 0.3) is 12.3 Å². The van der Waals surface area contributed by atoms with E-state index < -0.39 is 24.5 Å². The number of aromatic nitrogens is 1. The van der Waals surface area contributed by atoms with Crippen LogP contribution in [0.5, 0.6) is 5.88 Å². The van der Waals surface area contributed by atoms with Gasteiger partial charge in [0.05, 0.1) is 0 Å². The summed E-state index contributed by atoms with van der Waals surface area (Å²) in [5, 5.41) is 12.7. The molecule has 1 aliphatic rings. The summed E-state index contributed by atoms with van der Waals surface area (Å²) in [7, 11) is 0. The molecule has 1 aliphatic carbocycles. The highest BCUT2D eigenvalue weighted by Gasteiger charge is 2.38. The quantitative estimate of drug-likeness (QED) is 0.838. The van der Waals surface area contributed by atoms with Crippen molar-refractivity contribution in [2.24, 2.45) is 0 Å². The van der Waals surface area contributed by atoms with Crippen LogP contribution in [-0.2, 0) is 11.3 Å². The molecule has 21 heavy (non-hydrogen) atoms. The Morgan fingerprint density at radius 2 is 2.19 bits per heavy atom. The summed E-state index contributed by atoms with van der Waals surface area (Å²) in [4.78, 5) is 15.8. The Bertz CT molecular complexity index is 491. The molecule has 1 aromatic heterocycles. The van der Waals surface area contributed by atoms with Crippen molar-refractivity contribution in [2.75, 3.05) is 6.61 Å². The van der Waals surface area contributed by atoms with Crippen molar-refractivity contribution >= 4 is 5.91 Å². The lowest BCUT2D eigenvalue weighted by atomic mass is 10.0. The Hall–Kier alpha value is -1.76. The summed E-state index contributed by atoms with van der Waals surface area (Å²) < 4.78 is 29.2. The van der Waals surface area contributed by atoms with Crippen LogP contribution in [-0.4, -0.2) is 34.6 Å². The molecule has 2 N–H and O–H groups in total. The van der Waals surface area contributed by atoms with Gasteiger partial charge in [0.15, 0.2) is 6.61 Å². The van der Waals surface area contributed by atoms with Gasteiger partial charge >= 0.3 is 0 Å². The lowest BCUT2D eigenvalue weighted by molar-refractivity contribution is -0.139.